The highest BCUT2D eigenvalue weighted by molar-refractivity contribution is 5.27. The van der Waals surface area contributed by atoms with Crippen molar-refractivity contribution in [3.8, 4) is 0 Å². The number of dihydropyridines is 2. The fourth-order valence-electron chi connectivity index (χ4n) is 3.28. The van der Waals surface area contributed by atoms with Gasteiger partial charge in [0, 0.05) is 6.42 Å². The number of rotatable bonds is 6. The van der Waals surface area contributed by atoms with Crippen LogP contribution >= 0.6 is 0 Å². The molecule has 2 nitrogen and oxygen atoms in total. The zero-order valence-electron chi connectivity index (χ0n) is 12.2. The lowest BCUT2D eigenvalue weighted by molar-refractivity contribution is 0.272. The van der Waals surface area contributed by atoms with Gasteiger partial charge in [0.25, 0.3) is 0 Å². The van der Waals surface area contributed by atoms with Gasteiger partial charge >= 0.3 is 0 Å². The van der Waals surface area contributed by atoms with Crippen molar-refractivity contribution in [2.45, 2.75) is 57.0 Å². The molecule has 0 aromatic heterocycles. The molecule has 2 rings (SSSR count). The van der Waals surface area contributed by atoms with E-state index in [4.69, 9.17) is 0 Å². The van der Waals surface area contributed by atoms with Crippen LogP contribution in [0.3, 0.4) is 0 Å². The van der Waals surface area contributed by atoms with Gasteiger partial charge in [-0.3, -0.25) is 0 Å². The average Bonchev–Trinajstić information content (AvgIpc) is 2.41. The molecule has 0 fully saturated rings. The van der Waals surface area contributed by atoms with E-state index in [1.807, 2.05) is 0 Å². The molecule has 0 saturated carbocycles. The van der Waals surface area contributed by atoms with Crippen molar-refractivity contribution < 1.29 is 0 Å². The quantitative estimate of drug-likeness (QED) is 0.757. The van der Waals surface area contributed by atoms with Crippen LogP contribution < -0.4 is 10.6 Å². The summed E-state index contributed by atoms with van der Waals surface area (Å²) in [5.74, 6) is 0. The molecular weight excluding hydrogens is 232 g/mol. The maximum Gasteiger partial charge on any atom is 0.0579 e. The van der Waals surface area contributed by atoms with E-state index in [1.165, 1.54) is 25.7 Å². The number of nitrogens with one attached hydrogen (secondary N) is 2. The summed E-state index contributed by atoms with van der Waals surface area (Å²) in [4.78, 5) is 0. The average molecular weight is 258 g/mol. The van der Waals surface area contributed by atoms with Gasteiger partial charge in [-0.05, 0) is 37.4 Å². The fourth-order valence-corrected chi connectivity index (χ4v) is 3.28. The second-order valence-corrected chi connectivity index (χ2v) is 5.71. The molecule has 0 radical (unpaired) electrons. The molecule has 2 unspecified atom stereocenters. The summed E-state index contributed by atoms with van der Waals surface area (Å²) in [6, 6.07) is 0. The van der Waals surface area contributed by atoms with Gasteiger partial charge in [0.15, 0.2) is 0 Å². The first-order valence-corrected chi connectivity index (χ1v) is 7.48. The van der Waals surface area contributed by atoms with Crippen LogP contribution in [-0.4, -0.2) is 11.1 Å². The van der Waals surface area contributed by atoms with Crippen LogP contribution in [0.15, 0.2) is 48.9 Å². The second-order valence-electron chi connectivity index (χ2n) is 5.71. The molecule has 2 atom stereocenters. The van der Waals surface area contributed by atoms with Crippen molar-refractivity contribution in [3.63, 3.8) is 0 Å². The molecule has 0 spiro atoms. The third-order valence-electron chi connectivity index (χ3n) is 4.01. The van der Waals surface area contributed by atoms with E-state index in [9.17, 15) is 0 Å². The van der Waals surface area contributed by atoms with Crippen molar-refractivity contribution in [1.29, 1.82) is 0 Å². The van der Waals surface area contributed by atoms with Crippen molar-refractivity contribution in [3.05, 3.63) is 48.9 Å². The molecule has 0 aliphatic carbocycles. The Morgan fingerprint density at radius 1 is 0.737 bits per heavy atom. The van der Waals surface area contributed by atoms with Gasteiger partial charge < -0.3 is 10.6 Å². The Morgan fingerprint density at radius 3 is 1.53 bits per heavy atom. The van der Waals surface area contributed by atoms with Crippen LogP contribution in [0.4, 0.5) is 0 Å². The van der Waals surface area contributed by atoms with Crippen LogP contribution in [0, 0.1) is 0 Å². The summed E-state index contributed by atoms with van der Waals surface area (Å²) in [5.41, 5.74) is 0.169. The molecule has 0 aromatic carbocycles. The molecule has 2 aliphatic heterocycles. The van der Waals surface area contributed by atoms with E-state index < -0.39 is 0 Å². The standard InChI is InChI=1S/C17H26N2/c1-3-9-16(11-5-7-13-18-16)15-17(10-4-2)12-6-8-14-19-17/h5-8,11-14,18-19H,3-4,9-10,15H2,1-2H3. The Balaban J connectivity index is 2.18. The van der Waals surface area contributed by atoms with E-state index in [-0.39, 0.29) is 11.1 Å². The van der Waals surface area contributed by atoms with Crippen LogP contribution in [-0.2, 0) is 0 Å². The van der Waals surface area contributed by atoms with Crippen molar-refractivity contribution in [2.24, 2.45) is 0 Å². The molecular formula is C17H26N2. The Morgan fingerprint density at radius 2 is 1.21 bits per heavy atom. The molecule has 0 aromatic rings. The van der Waals surface area contributed by atoms with E-state index >= 15 is 0 Å². The van der Waals surface area contributed by atoms with Crippen LogP contribution in [0.25, 0.3) is 0 Å². The Bertz CT molecular complexity index is 367. The minimum Gasteiger partial charge on any atom is -0.382 e. The highest BCUT2D eigenvalue weighted by atomic mass is 15.0. The minimum atomic E-state index is 0.0845. The van der Waals surface area contributed by atoms with Crippen molar-refractivity contribution in [1.82, 2.24) is 10.6 Å². The van der Waals surface area contributed by atoms with Crippen LogP contribution in [0.2, 0.25) is 0 Å². The predicted molar refractivity (Wildman–Crippen MR) is 82.7 cm³/mol. The van der Waals surface area contributed by atoms with Gasteiger partial charge in [-0.25, -0.2) is 0 Å². The largest absolute Gasteiger partial charge is 0.382 e. The minimum absolute atomic E-state index is 0.0845. The van der Waals surface area contributed by atoms with Crippen LogP contribution in [0.1, 0.15) is 46.0 Å². The normalized spacial score (nSPS) is 32.1. The molecule has 0 amide bonds. The molecule has 104 valence electrons. The number of allylic oxidation sites excluding steroid dienone is 4. The monoisotopic (exact) mass is 258 g/mol. The first-order valence-electron chi connectivity index (χ1n) is 7.48. The Labute approximate surface area is 117 Å². The first-order chi connectivity index (χ1) is 9.24. The predicted octanol–water partition coefficient (Wildman–Crippen LogP) is 3.80. The Kier molecular flexibility index (Phi) is 4.52. The smallest absolute Gasteiger partial charge is 0.0579 e. The Hall–Kier alpha value is -1.44. The summed E-state index contributed by atoms with van der Waals surface area (Å²) < 4.78 is 0. The SMILES string of the molecule is CCCC1(CC2(CCC)C=CC=CN2)C=CC=CN1. The molecule has 19 heavy (non-hydrogen) atoms. The lowest BCUT2D eigenvalue weighted by Crippen LogP contribution is -2.53. The third-order valence-corrected chi connectivity index (χ3v) is 4.01. The zero-order valence-corrected chi connectivity index (χ0v) is 12.2. The van der Waals surface area contributed by atoms with Gasteiger partial charge in [0.2, 0.25) is 0 Å². The summed E-state index contributed by atoms with van der Waals surface area (Å²) >= 11 is 0. The molecule has 2 aliphatic rings. The lowest BCUT2D eigenvalue weighted by Gasteiger charge is -2.43. The van der Waals surface area contributed by atoms with Gasteiger partial charge in [0.1, 0.15) is 0 Å². The maximum absolute atomic E-state index is 3.60. The van der Waals surface area contributed by atoms with Crippen LogP contribution in [0.5, 0.6) is 0 Å². The van der Waals surface area contributed by atoms with E-state index in [0.29, 0.717) is 0 Å². The molecule has 2 N–H and O–H groups in total. The van der Waals surface area contributed by atoms with E-state index in [0.717, 1.165) is 6.42 Å². The topological polar surface area (TPSA) is 24.1 Å². The molecule has 0 saturated heterocycles. The molecule has 2 heterocycles. The fraction of sp³-hybridized carbons (Fsp3) is 0.529. The van der Waals surface area contributed by atoms with Crippen molar-refractivity contribution in [2.75, 3.05) is 0 Å². The maximum atomic E-state index is 3.60. The first kappa shape index (κ1) is 14.0. The number of hydrogen-bond donors (Lipinski definition) is 2. The van der Waals surface area contributed by atoms with Gasteiger partial charge in [0.05, 0.1) is 11.1 Å². The highest BCUT2D eigenvalue weighted by Gasteiger charge is 2.37. The summed E-state index contributed by atoms with van der Waals surface area (Å²) in [5, 5.41) is 7.20. The van der Waals surface area contributed by atoms with Gasteiger partial charge in [-0.2, -0.15) is 0 Å². The summed E-state index contributed by atoms with van der Waals surface area (Å²) in [6.45, 7) is 4.51. The third kappa shape index (κ3) is 3.31. The second kappa shape index (κ2) is 6.14. The summed E-state index contributed by atoms with van der Waals surface area (Å²) in [6.07, 6.45) is 23.1. The molecule has 2 heteroatoms. The zero-order chi connectivity index (χ0) is 13.6. The van der Waals surface area contributed by atoms with Gasteiger partial charge in [-0.1, -0.05) is 51.0 Å². The number of hydrogen-bond acceptors (Lipinski definition) is 2. The van der Waals surface area contributed by atoms with E-state index in [2.05, 4.69) is 73.3 Å². The lowest BCUT2D eigenvalue weighted by atomic mass is 9.75. The van der Waals surface area contributed by atoms with E-state index in [1.54, 1.807) is 0 Å². The summed E-state index contributed by atoms with van der Waals surface area (Å²) in [7, 11) is 0. The molecule has 0 bridgehead atoms. The van der Waals surface area contributed by atoms with Gasteiger partial charge in [-0.15, -0.1) is 0 Å². The highest BCUT2D eigenvalue weighted by Crippen LogP contribution is 2.33. The van der Waals surface area contributed by atoms with Crippen molar-refractivity contribution >= 4 is 0 Å².